The number of aryl methyl sites for hydroxylation is 4. The fourth-order valence-corrected chi connectivity index (χ4v) is 4.63. The molecule has 0 saturated carbocycles. The molecule has 0 heterocycles. The fourth-order valence-electron chi connectivity index (χ4n) is 4.63. The molecule has 0 bridgehead atoms. The Balaban J connectivity index is 1.61. The minimum Gasteiger partial charge on any atom is -0.492 e. The van der Waals surface area contributed by atoms with Crippen LogP contribution in [0.2, 0.25) is 0 Å². The number of benzene rings is 3. The average Bonchev–Trinajstić information content (AvgIpc) is 2.91. The van der Waals surface area contributed by atoms with Crippen molar-refractivity contribution in [3.05, 3.63) is 94.5 Å². The summed E-state index contributed by atoms with van der Waals surface area (Å²) < 4.78 is 11.3. The molecule has 0 radical (unpaired) electrons. The van der Waals surface area contributed by atoms with E-state index >= 15 is 0 Å². The van der Waals surface area contributed by atoms with E-state index in [0.29, 0.717) is 32.1 Å². The number of ether oxygens (including phenoxy) is 2. The van der Waals surface area contributed by atoms with Crippen LogP contribution in [0, 0.1) is 20.8 Å². The van der Waals surface area contributed by atoms with Crippen LogP contribution in [-0.2, 0) is 22.4 Å². The number of aliphatic carboxylic acids is 1. The van der Waals surface area contributed by atoms with Gasteiger partial charge in [0.25, 0.3) is 0 Å². The second-order valence-corrected chi connectivity index (χ2v) is 9.76. The number of carboxylic acids is 1. The lowest BCUT2D eigenvalue weighted by Gasteiger charge is -2.24. The molecule has 1 unspecified atom stereocenters. The van der Waals surface area contributed by atoms with Crippen molar-refractivity contribution in [3.63, 3.8) is 0 Å². The van der Waals surface area contributed by atoms with Gasteiger partial charge in [0.05, 0.1) is 6.54 Å². The molecule has 0 spiro atoms. The molecule has 0 aromatic heterocycles. The zero-order valence-electron chi connectivity index (χ0n) is 23.4. The molecule has 1 atom stereocenters. The first-order valence-electron chi connectivity index (χ1n) is 13.5. The number of rotatable bonds is 14. The summed E-state index contributed by atoms with van der Waals surface area (Å²) in [5.41, 5.74) is 6.19. The van der Waals surface area contributed by atoms with Crippen LogP contribution in [0.3, 0.4) is 0 Å². The quantitative estimate of drug-likeness (QED) is 0.258. The van der Waals surface area contributed by atoms with Crippen molar-refractivity contribution in [2.24, 2.45) is 0 Å². The Morgan fingerprint density at radius 1 is 0.923 bits per heavy atom. The molecule has 3 aromatic carbocycles. The van der Waals surface area contributed by atoms with Crippen molar-refractivity contribution in [2.75, 3.05) is 31.6 Å². The van der Waals surface area contributed by atoms with Gasteiger partial charge in [0.15, 0.2) is 6.10 Å². The summed E-state index contributed by atoms with van der Waals surface area (Å²) in [6.45, 7) is 9.55. The highest BCUT2D eigenvalue weighted by molar-refractivity contribution is 5.91. The van der Waals surface area contributed by atoms with Gasteiger partial charge >= 0.3 is 12.0 Å². The first kappa shape index (κ1) is 29.7. The lowest BCUT2D eigenvalue weighted by atomic mass is 10.1. The summed E-state index contributed by atoms with van der Waals surface area (Å²) in [5, 5.41) is 12.4. The Bertz CT molecular complexity index is 1190. The number of carboxylic acid groups (broad SMARTS) is 1. The summed E-state index contributed by atoms with van der Waals surface area (Å²) in [7, 11) is 0. The summed E-state index contributed by atoms with van der Waals surface area (Å²) in [4.78, 5) is 26.5. The summed E-state index contributed by atoms with van der Waals surface area (Å²) in [6, 6.07) is 21.6. The summed E-state index contributed by atoms with van der Waals surface area (Å²) in [5.74, 6) is -0.310. The zero-order valence-corrected chi connectivity index (χ0v) is 23.4. The van der Waals surface area contributed by atoms with Crippen LogP contribution in [0.1, 0.15) is 41.2 Å². The van der Waals surface area contributed by atoms with E-state index in [4.69, 9.17) is 9.47 Å². The third kappa shape index (κ3) is 9.45. The normalized spacial score (nSPS) is 11.6. The number of carbonyl (C=O) groups is 2. The topological polar surface area (TPSA) is 88.1 Å². The standard InChI is InChI=1S/C32H40N2O5/c1-5-38-29(31(35)36)22-27-13-15-28(16-14-27)39-19-18-34(17-9-12-26-10-7-6-8-11-26)32(37)33-30-24(3)20-23(2)21-25(30)4/h6-8,10-11,13-16,20-21,29H,5,9,12,17-19,22H2,1-4H3,(H,33,37)(H,35,36). The van der Waals surface area contributed by atoms with Crippen LogP contribution in [0.25, 0.3) is 0 Å². The van der Waals surface area contributed by atoms with Gasteiger partial charge in [-0.1, -0.05) is 60.2 Å². The highest BCUT2D eigenvalue weighted by Gasteiger charge is 2.18. The van der Waals surface area contributed by atoms with Gasteiger partial charge in [-0.2, -0.15) is 0 Å². The molecule has 208 valence electrons. The van der Waals surface area contributed by atoms with Gasteiger partial charge in [-0.3, -0.25) is 0 Å². The van der Waals surface area contributed by atoms with E-state index in [-0.39, 0.29) is 12.5 Å². The molecule has 0 fully saturated rings. The number of urea groups is 1. The van der Waals surface area contributed by atoms with E-state index in [1.807, 2.05) is 56.3 Å². The molecule has 0 aliphatic rings. The first-order chi connectivity index (χ1) is 18.8. The number of hydrogen-bond donors (Lipinski definition) is 2. The van der Waals surface area contributed by atoms with Gasteiger partial charge in [0.1, 0.15) is 12.4 Å². The first-order valence-corrected chi connectivity index (χ1v) is 13.5. The Labute approximate surface area is 231 Å². The molecular weight excluding hydrogens is 492 g/mol. The molecule has 2 N–H and O–H groups in total. The van der Waals surface area contributed by atoms with Crippen molar-refractivity contribution >= 4 is 17.7 Å². The predicted molar refractivity (Wildman–Crippen MR) is 155 cm³/mol. The average molecular weight is 533 g/mol. The van der Waals surface area contributed by atoms with Crippen molar-refractivity contribution in [1.29, 1.82) is 0 Å². The number of carbonyl (C=O) groups excluding carboxylic acids is 1. The monoisotopic (exact) mass is 532 g/mol. The Morgan fingerprint density at radius 3 is 2.21 bits per heavy atom. The van der Waals surface area contributed by atoms with E-state index in [1.165, 1.54) is 11.1 Å². The van der Waals surface area contributed by atoms with Gasteiger partial charge in [0.2, 0.25) is 0 Å². The minimum atomic E-state index is -0.973. The third-order valence-electron chi connectivity index (χ3n) is 6.55. The minimum absolute atomic E-state index is 0.146. The smallest absolute Gasteiger partial charge is 0.333 e. The van der Waals surface area contributed by atoms with E-state index in [9.17, 15) is 14.7 Å². The highest BCUT2D eigenvalue weighted by Crippen LogP contribution is 2.22. The molecular formula is C32H40N2O5. The van der Waals surface area contributed by atoms with Gasteiger partial charge in [-0.15, -0.1) is 0 Å². The van der Waals surface area contributed by atoms with E-state index < -0.39 is 12.1 Å². The van der Waals surface area contributed by atoms with Crippen LogP contribution < -0.4 is 10.1 Å². The van der Waals surface area contributed by atoms with Crippen LogP contribution in [-0.4, -0.2) is 54.4 Å². The largest absolute Gasteiger partial charge is 0.492 e. The fraction of sp³-hybridized carbons (Fsp3) is 0.375. The van der Waals surface area contributed by atoms with Gasteiger partial charge in [-0.25, -0.2) is 9.59 Å². The Kier molecular flexibility index (Phi) is 11.4. The van der Waals surface area contributed by atoms with Crippen LogP contribution in [0.5, 0.6) is 5.75 Å². The summed E-state index contributed by atoms with van der Waals surface area (Å²) in [6.07, 6.45) is 1.14. The lowest BCUT2D eigenvalue weighted by molar-refractivity contribution is -0.149. The van der Waals surface area contributed by atoms with Crippen molar-refractivity contribution in [1.82, 2.24) is 4.90 Å². The third-order valence-corrected chi connectivity index (χ3v) is 6.55. The maximum Gasteiger partial charge on any atom is 0.333 e. The van der Waals surface area contributed by atoms with Gasteiger partial charge in [0, 0.05) is 25.3 Å². The van der Waals surface area contributed by atoms with E-state index in [0.717, 1.165) is 35.2 Å². The number of nitrogens with one attached hydrogen (secondary N) is 1. The molecule has 0 aliphatic carbocycles. The molecule has 3 aromatic rings. The summed E-state index contributed by atoms with van der Waals surface area (Å²) >= 11 is 0. The lowest BCUT2D eigenvalue weighted by Crippen LogP contribution is -2.39. The Hall–Kier alpha value is -3.84. The molecule has 2 amide bonds. The van der Waals surface area contributed by atoms with Crippen molar-refractivity contribution in [3.8, 4) is 5.75 Å². The SMILES string of the molecule is CCOC(Cc1ccc(OCCN(CCCc2ccccc2)C(=O)Nc2c(C)cc(C)cc2C)cc1)C(=O)O. The molecule has 0 saturated heterocycles. The predicted octanol–water partition coefficient (Wildman–Crippen LogP) is 6.19. The second kappa shape index (κ2) is 14.9. The molecule has 39 heavy (non-hydrogen) atoms. The maximum atomic E-state index is 13.3. The van der Waals surface area contributed by atoms with Crippen molar-refractivity contribution in [2.45, 2.75) is 53.1 Å². The van der Waals surface area contributed by atoms with Crippen LogP contribution >= 0.6 is 0 Å². The number of anilines is 1. The molecule has 7 nitrogen and oxygen atoms in total. The maximum absolute atomic E-state index is 13.3. The number of nitrogens with zero attached hydrogens (tertiary/aromatic N) is 1. The van der Waals surface area contributed by atoms with Crippen LogP contribution in [0.4, 0.5) is 10.5 Å². The van der Waals surface area contributed by atoms with Gasteiger partial charge in [-0.05, 0) is 74.9 Å². The second-order valence-electron chi connectivity index (χ2n) is 9.76. The zero-order chi connectivity index (χ0) is 28.2. The number of hydrogen-bond acceptors (Lipinski definition) is 4. The van der Waals surface area contributed by atoms with E-state index in [2.05, 4.69) is 36.5 Å². The number of amides is 2. The van der Waals surface area contributed by atoms with Crippen LogP contribution in [0.15, 0.2) is 66.7 Å². The molecule has 3 rings (SSSR count). The molecule has 0 aliphatic heterocycles. The van der Waals surface area contributed by atoms with Gasteiger partial charge < -0.3 is 24.8 Å². The van der Waals surface area contributed by atoms with Crippen molar-refractivity contribution < 1.29 is 24.2 Å². The Morgan fingerprint density at radius 2 is 1.59 bits per heavy atom. The van der Waals surface area contributed by atoms with E-state index in [1.54, 1.807) is 11.8 Å². The molecule has 7 heteroatoms. The highest BCUT2D eigenvalue weighted by atomic mass is 16.5.